The van der Waals surface area contributed by atoms with E-state index in [9.17, 15) is 0 Å². The maximum Gasteiger partial charge on any atom is 0.0574 e. The van der Waals surface area contributed by atoms with Crippen LogP contribution in [-0.4, -0.2) is 26.3 Å². The predicted molar refractivity (Wildman–Crippen MR) is 69.7 cm³/mol. The van der Waals surface area contributed by atoms with E-state index in [1.807, 2.05) is 0 Å². The van der Waals surface area contributed by atoms with Crippen LogP contribution in [0.1, 0.15) is 5.56 Å². The molecule has 0 saturated carbocycles. The first-order valence-corrected chi connectivity index (χ1v) is 6.22. The smallest absolute Gasteiger partial charge is 0.0574 e. The fourth-order valence-electron chi connectivity index (χ4n) is 1.73. The van der Waals surface area contributed by atoms with E-state index in [1.54, 1.807) is 0 Å². The second-order valence-corrected chi connectivity index (χ2v) is 5.37. The van der Waals surface area contributed by atoms with Gasteiger partial charge in [-0.25, -0.2) is 0 Å². The Labute approximate surface area is 104 Å². The van der Waals surface area contributed by atoms with Gasteiger partial charge in [-0.15, -0.1) is 0 Å². The van der Waals surface area contributed by atoms with Gasteiger partial charge in [0.25, 0.3) is 0 Å². The maximum atomic E-state index is 5.76. The molecule has 0 aliphatic carbocycles. The van der Waals surface area contributed by atoms with Crippen LogP contribution in [0.4, 0.5) is 5.69 Å². The van der Waals surface area contributed by atoms with E-state index in [2.05, 4.69) is 46.4 Å². The van der Waals surface area contributed by atoms with Crippen molar-refractivity contribution in [1.82, 2.24) is 0 Å². The van der Waals surface area contributed by atoms with Gasteiger partial charge >= 0.3 is 0 Å². The Hall–Kier alpha value is -0.580. The van der Waals surface area contributed by atoms with Crippen molar-refractivity contribution in [3.05, 3.63) is 28.2 Å². The molecule has 0 bridgehead atoms. The average Bonchev–Trinajstić information content (AvgIpc) is 2.22. The molecule has 1 aromatic rings. The summed E-state index contributed by atoms with van der Waals surface area (Å²) in [6, 6.07) is 6.26. The lowest BCUT2D eigenvalue weighted by Gasteiger charge is -2.40. The first-order valence-electron chi connectivity index (χ1n) is 5.43. The van der Waals surface area contributed by atoms with E-state index in [1.165, 1.54) is 5.56 Å². The molecule has 3 N–H and O–H groups in total. The number of ether oxygens (including phenoxy) is 1. The summed E-state index contributed by atoms with van der Waals surface area (Å²) in [6.45, 7) is 5.18. The highest BCUT2D eigenvalue weighted by molar-refractivity contribution is 9.10. The molecule has 1 aliphatic rings. The molecule has 0 radical (unpaired) electrons. The highest BCUT2D eigenvalue weighted by Crippen LogP contribution is 2.27. The number of nitrogens with one attached hydrogen (secondary N) is 1. The molecule has 4 heteroatoms. The topological polar surface area (TPSA) is 47.3 Å². The highest BCUT2D eigenvalue weighted by atomic mass is 79.9. The van der Waals surface area contributed by atoms with Gasteiger partial charge in [0.2, 0.25) is 0 Å². The van der Waals surface area contributed by atoms with E-state index in [0.29, 0.717) is 6.54 Å². The van der Waals surface area contributed by atoms with Crippen LogP contribution in [0, 0.1) is 12.3 Å². The van der Waals surface area contributed by atoms with Crippen LogP contribution in [0.5, 0.6) is 0 Å². The lowest BCUT2D eigenvalue weighted by atomic mass is 9.86. The van der Waals surface area contributed by atoms with Gasteiger partial charge in [-0.3, -0.25) is 0 Å². The third-order valence-corrected chi connectivity index (χ3v) is 3.96. The number of rotatable bonds is 4. The molecule has 1 aliphatic heterocycles. The Morgan fingerprint density at radius 1 is 1.50 bits per heavy atom. The van der Waals surface area contributed by atoms with Gasteiger partial charge in [-0.1, -0.05) is 15.9 Å². The molecule has 0 aromatic heterocycles. The van der Waals surface area contributed by atoms with Gasteiger partial charge in [0.15, 0.2) is 0 Å². The molecule has 1 saturated heterocycles. The van der Waals surface area contributed by atoms with Crippen molar-refractivity contribution in [2.45, 2.75) is 6.92 Å². The molecule has 0 unspecified atom stereocenters. The van der Waals surface area contributed by atoms with Crippen LogP contribution < -0.4 is 11.1 Å². The summed E-state index contributed by atoms with van der Waals surface area (Å²) in [5.74, 6) is 0. The number of aryl methyl sites for hydroxylation is 1. The molecular formula is C12H17BrN2O. The third-order valence-electron chi connectivity index (χ3n) is 3.07. The standard InChI is InChI=1S/C12H17BrN2O/c1-9-4-10(2-3-11(9)13)15-6-12(5-14)7-16-8-12/h2-4,15H,5-8,14H2,1H3. The Balaban J connectivity index is 1.96. The maximum absolute atomic E-state index is 5.76. The van der Waals surface area contributed by atoms with Crippen LogP contribution in [0.2, 0.25) is 0 Å². The minimum atomic E-state index is 0.140. The lowest BCUT2D eigenvalue weighted by molar-refractivity contribution is -0.0979. The highest BCUT2D eigenvalue weighted by Gasteiger charge is 2.36. The van der Waals surface area contributed by atoms with Gasteiger partial charge in [0.1, 0.15) is 0 Å². The molecule has 1 aromatic carbocycles. The third kappa shape index (κ3) is 2.39. The Morgan fingerprint density at radius 3 is 2.75 bits per heavy atom. The summed E-state index contributed by atoms with van der Waals surface area (Å²) in [5.41, 5.74) is 8.27. The van der Waals surface area contributed by atoms with Gasteiger partial charge in [0, 0.05) is 28.7 Å². The SMILES string of the molecule is Cc1cc(NCC2(CN)COC2)ccc1Br. The number of hydrogen-bond acceptors (Lipinski definition) is 3. The molecule has 1 fully saturated rings. The molecule has 0 spiro atoms. The molecule has 2 rings (SSSR count). The summed E-state index contributed by atoms with van der Waals surface area (Å²) in [4.78, 5) is 0. The molecule has 3 nitrogen and oxygen atoms in total. The van der Waals surface area contributed by atoms with Crippen molar-refractivity contribution in [3.63, 3.8) is 0 Å². The van der Waals surface area contributed by atoms with Gasteiger partial charge in [-0.2, -0.15) is 0 Å². The largest absolute Gasteiger partial charge is 0.384 e. The number of hydrogen-bond donors (Lipinski definition) is 2. The minimum absolute atomic E-state index is 0.140. The van der Waals surface area contributed by atoms with Crippen molar-refractivity contribution >= 4 is 21.6 Å². The van der Waals surface area contributed by atoms with Crippen molar-refractivity contribution < 1.29 is 4.74 Å². The Morgan fingerprint density at radius 2 is 2.25 bits per heavy atom. The average molecular weight is 285 g/mol. The van der Waals surface area contributed by atoms with Crippen LogP contribution in [0.3, 0.4) is 0 Å². The van der Waals surface area contributed by atoms with E-state index < -0.39 is 0 Å². The molecule has 0 amide bonds. The second kappa shape index (κ2) is 4.73. The number of anilines is 1. The normalized spacial score (nSPS) is 17.9. The summed E-state index contributed by atoms with van der Waals surface area (Å²) in [5, 5.41) is 3.43. The fourth-order valence-corrected chi connectivity index (χ4v) is 1.97. The first kappa shape index (κ1) is 11.9. The minimum Gasteiger partial charge on any atom is -0.384 e. The van der Waals surface area contributed by atoms with Crippen molar-refractivity contribution in [1.29, 1.82) is 0 Å². The van der Waals surface area contributed by atoms with Crippen LogP contribution in [0.15, 0.2) is 22.7 Å². The van der Waals surface area contributed by atoms with Crippen molar-refractivity contribution in [2.24, 2.45) is 11.1 Å². The molecule has 0 atom stereocenters. The summed E-state index contributed by atoms with van der Waals surface area (Å²) in [7, 11) is 0. The van der Waals surface area contributed by atoms with Crippen LogP contribution in [0.25, 0.3) is 0 Å². The van der Waals surface area contributed by atoms with Gasteiger partial charge < -0.3 is 15.8 Å². The zero-order valence-corrected chi connectivity index (χ0v) is 11.0. The van der Waals surface area contributed by atoms with E-state index in [0.717, 1.165) is 29.9 Å². The summed E-state index contributed by atoms with van der Waals surface area (Å²) < 4.78 is 6.37. The Kier molecular flexibility index (Phi) is 3.52. The molecular weight excluding hydrogens is 268 g/mol. The van der Waals surface area contributed by atoms with Crippen molar-refractivity contribution in [3.8, 4) is 0 Å². The van der Waals surface area contributed by atoms with Gasteiger partial charge in [-0.05, 0) is 30.7 Å². The zero-order valence-electron chi connectivity index (χ0n) is 9.42. The van der Waals surface area contributed by atoms with Gasteiger partial charge in [0.05, 0.1) is 13.2 Å². The molecule has 88 valence electrons. The van der Waals surface area contributed by atoms with E-state index in [-0.39, 0.29) is 5.41 Å². The second-order valence-electron chi connectivity index (χ2n) is 4.51. The van der Waals surface area contributed by atoms with E-state index >= 15 is 0 Å². The summed E-state index contributed by atoms with van der Waals surface area (Å²) >= 11 is 3.49. The predicted octanol–water partition coefficient (Wildman–Crippen LogP) is 2.14. The van der Waals surface area contributed by atoms with E-state index in [4.69, 9.17) is 10.5 Å². The molecule has 16 heavy (non-hydrogen) atoms. The molecule has 1 heterocycles. The monoisotopic (exact) mass is 284 g/mol. The number of benzene rings is 1. The zero-order chi connectivity index (χ0) is 11.6. The quantitative estimate of drug-likeness (QED) is 0.891. The van der Waals surface area contributed by atoms with Crippen LogP contribution >= 0.6 is 15.9 Å². The summed E-state index contributed by atoms with van der Waals surface area (Å²) in [6.07, 6.45) is 0. The number of nitrogens with two attached hydrogens (primary N) is 1. The number of halogens is 1. The lowest BCUT2D eigenvalue weighted by Crippen LogP contribution is -2.52. The Bertz CT molecular complexity index is 372. The van der Waals surface area contributed by atoms with Crippen molar-refractivity contribution in [2.75, 3.05) is 31.6 Å². The first-order chi connectivity index (χ1) is 7.65. The van der Waals surface area contributed by atoms with Crippen LogP contribution in [-0.2, 0) is 4.74 Å². The fraction of sp³-hybridized carbons (Fsp3) is 0.500.